The molecule has 1 amide bonds. The summed E-state index contributed by atoms with van der Waals surface area (Å²) in [6.45, 7) is 3.96. The van der Waals surface area contributed by atoms with Gasteiger partial charge in [-0.2, -0.15) is 0 Å². The second-order valence-corrected chi connectivity index (χ2v) is 9.61. The molecule has 2 aromatic carbocycles. The standard InChI is InChI=1S/C21H26N4O4S/c1-13(2)19(20-22-15-8-6-7-9-16(15)23-20)24-21(26)14-10-11-17(29-5)18(12-14)30(27,28)25(3)4/h6-13,19H,1-5H3,(H,22,23)(H,24,26)/t19-/m1/s1. The quantitative estimate of drug-likeness (QED) is 0.600. The Bertz CT molecular complexity index is 1140. The number of fused-ring (bicyclic) bond motifs is 1. The summed E-state index contributed by atoms with van der Waals surface area (Å²) < 4.78 is 31.5. The number of amides is 1. The zero-order valence-corrected chi connectivity index (χ0v) is 18.4. The van der Waals surface area contributed by atoms with Gasteiger partial charge in [0, 0.05) is 19.7 Å². The number of nitrogens with zero attached hydrogens (tertiary/aromatic N) is 2. The lowest BCUT2D eigenvalue weighted by Gasteiger charge is -2.21. The van der Waals surface area contributed by atoms with Crippen LogP contribution in [0.5, 0.6) is 5.75 Å². The highest BCUT2D eigenvalue weighted by Crippen LogP contribution is 2.28. The highest BCUT2D eigenvalue weighted by molar-refractivity contribution is 7.89. The van der Waals surface area contributed by atoms with Gasteiger partial charge in [-0.1, -0.05) is 26.0 Å². The lowest BCUT2D eigenvalue weighted by Crippen LogP contribution is -2.32. The second kappa shape index (κ2) is 8.45. The summed E-state index contributed by atoms with van der Waals surface area (Å²) in [6.07, 6.45) is 0. The molecule has 3 rings (SSSR count). The fourth-order valence-electron chi connectivity index (χ4n) is 3.11. The highest BCUT2D eigenvalue weighted by Gasteiger charge is 2.26. The Balaban J connectivity index is 1.95. The lowest BCUT2D eigenvalue weighted by atomic mass is 10.0. The number of nitrogens with one attached hydrogen (secondary N) is 2. The molecule has 0 unspecified atom stereocenters. The SMILES string of the molecule is COc1ccc(C(=O)N[C@@H](c2nc3ccccc3[nH]2)C(C)C)cc1S(=O)(=O)N(C)C. The molecule has 0 spiro atoms. The molecule has 0 saturated carbocycles. The maximum Gasteiger partial charge on any atom is 0.251 e. The predicted octanol–water partition coefficient (Wildman–Crippen LogP) is 2.95. The van der Waals surface area contributed by atoms with Crippen LogP contribution in [0.3, 0.4) is 0 Å². The van der Waals surface area contributed by atoms with Crippen molar-refractivity contribution in [1.82, 2.24) is 19.6 Å². The van der Waals surface area contributed by atoms with Crippen molar-refractivity contribution in [2.45, 2.75) is 24.8 Å². The molecular formula is C21H26N4O4S. The average molecular weight is 431 g/mol. The number of imidazole rings is 1. The number of H-pyrrole nitrogens is 1. The van der Waals surface area contributed by atoms with Crippen molar-refractivity contribution in [3.63, 3.8) is 0 Å². The number of hydrogen-bond acceptors (Lipinski definition) is 5. The van der Waals surface area contributed by atoms with Crippen LogP contribution < -0.4 is 10.1 Å². The van der Waals surface area contributed by atoms with Gasteiger partial charge in [0.2, 0.25) is 10.0 Å². The van der Waals surface area contributed by atoms with E-state index in [2.05, 4.69) is 15.3 Å². The van der Waals surface area contributed by atoms with E-state index in [1.807, 2.05) is 38.1 Å². The maximum atomic E-state index is 13.0. The Morgan fingerprint density at radius 2 is 1.87 bits per heavy atom. The van der Waals surface area contributed by atoms with E-state index >= 15 is 0 Å². The van der Waals surface area contributed by atoms with Crippen LogP contribution in [-0.2, 0) is 10.0 Å². The molecule has 0 saturated heterocycles. The number of rotatable bonds is 7. The number of hydrogen-bond donors (Lipinski definition) is 2. The van der Waals surface area contributed by atoms with Crippen LogP contribution in [0.15, 0.2) is 47.4 Å². The summed E-state index contributed by atoms with van der Waals surface area (Å²) in [6, 6.07) is 11.6. The van der Waals surface area contributed by atoms with Gasteiger partial charge in [0.1, 0.15) is 16.5 Å². The molecule has 30 heavy (non-hydrogen) atoms. The van der Waals surface area contributed by atoms with Crippen LogP contribution in [0.1, 0.15) is 36.1 Å². The molecule has 1 atom stereocenters. The fraction of sp³-hybridized carbons (Fsp3) is 0.333. The van der Waals surface area contributed by atoms with E-state index in [1.54, 1.807) is 6.07 Å². The third kappa shape index (κ3) is 4.17. The molecule has 0 aliphatic carbocycles. The molecule has 0 bridgehead atoms. The number of aromatic nitrogens is 2. The number of carbonyl (C=O) groups is 1. The van der Waals surface area contributed by atoms with E-state index in [9.17, 15) is 13.2 Å². The molecule has 3 aromatic rings. The van der Waals surface area contributed by atoms with Crippen LogP contribution in [0.2, 0.25) is 0 Å². The van der Waals surface area contributed by atoms with Crippen molar-refractivity contribution < 1.29 is 17.9 Å². The molecule has 8 nitrogen and oxygen atoms in total. The second-order valence-electron chi connectivity index (χ2n) is 7.49. The van der Waals surface area contributed by atoms with E-state index in [0.29, 0.717) is 5.82 Å². The van der Waals surface area contributed by atoms with Crippen molar-refractivity contribution in [2.24, 2.45) is 5.92 Å². The normalized spacial score (nSPS) is 13.0. The zero-order chi connectivity index (χ0) is 22.1. The van der Waals surface area contributed by atoms with E-state index in [-0.39, 0.29) is 28.2 Å². The number of methoxy groups -OCH3 is 1. The average Bonchev–Trinajstić information content (AvgIpc) is 3.14. The minimum absolute atomic E-state index is 0.0535. The predicted molar refractivity (Wildman–Crippen MR) is 115 cm³/mol. The van der Waals surface area contributed by atoms with Gasteiger partial charge < -0.3 is 15.0 Å². The Kier molecular flexibility index (Phi) is 6.14. The van der Waals surface area contributed by atoms with Gasteiger partial charge in [-0.15, -0.1) is 0 Å². The fourth-order valence-corrected chi connectivity index (χ4v) is 4.19. The monoisotopic (exact) mass is 430 g/mol. The first-order valence-corrected chi connectivity index (χ1v) is 10.9. The van der Waals surface area contributed by atoms with Gasteiger partial charge in [0.25, 0.3) is 5.91 Å². The van der Waals surface area contributed by atoms with Gasteiger partial charge in [-0.05, 0) is 36.2 Å². The van der Waals surface area contributed by atoms with Crippen molar-refractivity contribution in [3.05, 3.63) is 53.9 Å². The van der Waals surface area contributed by atoms with Crippen LogP contribution in [0.25, 0.3) is 11.0 Å². The van der Waals surface area contributed by atoms with E-state index < -0.39 is 15.9 Å². The van der Waals surface area contributed by atoms with Crippen LogP contribution in [0, 0.1) is 5.92 Å². The summed E-state index contributed by atoms with van der Waals surface area (Å²) in [7, 11) is 0.466. The molecule has 160 valence electrons. The molecule has 0 radical (unpaired) electrons. The van der Waals surface area contributed by atoms with Crippen molar-refractivity contribution in [2.75, 3.05) is 21.2 Å². The maximum absolute atomic E-state index is 13.0. The first-order chi connectivity index (χ1) is 14.1. The summed E-state index contributed by atoms with van der Waals surface area (Å²) in [4.78, 5) is 20.8. The molecule has 2 N–H and O–H groups in total. The summed E-state index contributed by atoms with van der Waals surface area (Å²) in [5.74, 6) is 0.483. The molecule has 1 aromatic heterocycles. The van der Waals surface area contributed by atoms with E-state index in [0.717, 1.165) is 15.3 Å². The highest BCUT2D eigenvalue weighted by atomic mass is 32.2. The minimum atomic E-state index is -3.78. The molecule has 0 aliphatic rings. The molecule has 9 heteroatoms. The third-order valence-corrected chi connectivity index (χ3v) is 6.68. The molecule has 0 fully saturated rings. The first kappa shape index (κ1) is 21.8. The molecular weight excluding hydrogens is 404 g/mol. The smallest absolute Gasteiger partial charge is 0.251 e. The minimum Gasteiger partial charge on any atom is -0.495 e. The Labute approximate surface area is 176 Å². The van der Waals surface area contributed by atoms with E-state index in [4.69, 9.17) is 4.74 Å². The van der Waals surface area contributed by atoms with Crippen molar-refractivity contribution >= 4 is 27.0 Å². The lowest BCUT2D eigenvalue weighted by molar-refractivity contribution is 0.0923. The van der Waals surface area contributed by atoms with Gasteiger partial charge in [-0.25, -0.2) is 17.7 Å². The van der Waals surface area contributed by atoms with Crippen molar-refractivity contribution in [1.29, 1.82) is 0 Å². The summed E-state index contributed by atoms with van der Waals surface area (Å²) in [5, 5.41) is 2.97. The van der Waals surface area contributed by atoms with Crippen molar-refractivity contribution in [3.8, 4) is 5.75 Å². The first-order valence-electron chi connectivity index (χ1n) is 9.51. The number of carbonyl (C=O) groups excluding carboxylic acids is 1. The number of aromatic amines is 1. The topological polar surface area (TPSA) is 104 Å². The Hall–Kier alpha value is -2.91. The van der Waals surface area contributed by atoms with Gasteiger partial charge >= 0.3 is 0 Å². The summed E-state index contributed by atoms with van der Waals surface area (Å²) in [5.41, 5.74) is 1.92. The van der Waals surface area contributed by atoms with Gasteiger partial charge in [0.15, 0.2) is 0 Å². The van der Waals surface area contributed by atoms with Gasteiger partial charge in [-0.3, -0.25) is 4.79 Å². The number of sulfonamides is 1. The number of ether oxygens (including phenoxy) is 1. The summed E-state index contributed by atoms with van der Waals surface area (Å²) >= 11 is 0. The van der Waals surface area contributed by atoms with Crippen LogP contribution >= 0.6 is 0 Å². The van der Waals surface area contributed by atoms with Crippen LogP contribution in [0.4, 0.5) is 0 Å². The molecule has 1 heterocycles. The zero-order valence-electron chi connectivity index (χ0n) is 17.6. The third-order valence-electron chi connectivity index (χ3n) is 4.84. The Morgan fingerprint density at radius 1 is 1.17 bits per heavy atom. The number of para-hydroxylation sites is 2. The Morgan fingerprint density at radius 3 is 2.47 bits per heavy atom. The van der Waals surface area contributed by atoms with Gasteiger partial charge in [0.05, 0.1) is 24.2 Å². The number of benzene rings is 2. The largest absolute Gasteiger partial charge is 0.495 e. The molecule has 0 aliphatic heterocycles. The van der Waals surface area contributed by atoms with Crippen LogP contribution in [-0.4, -0.2) is 49.8 Å². The van der Waals surface area contributed by atoms with E-state index in [1.165, 1.54) is 33.3 Å².